The van der Waals surface area contributed by atoms with Gasteiger partial charge in [-0.25, -0.2) is 4.98 Å². The first-order chi connectivity index (χ1) is 6.75. The molecule has 0 saturated heterocycles. The topological polar surface area (TPSA) is 71.8 Å². The Balaban J connectivity index is 2.49. The van der Waals surface area contributed by atoms with E-state index >= 15 is 0 Å². The number of nitrogen functional groups attached to an aromatic ring is 1. The summed E-state index contributed by atoms with van der Waals surface area (Å²) in [5.41, 5.74) is 7.69. The van der Waals surface area contributed by atoms with E-state index in [1.165, 1.54) is 6.20 Å². The average Bonchev–Trinajstić information content (AvgIpc) is 2.19. The highest BCUT2D eigenvalue weighted by Crippen LogP contribution is 2.16. The molecular weight excluding hydrogens is 178 g/mol. The van der Waals surface area contributed by atoms with Crippen LogP contribution < -0.4 is 11.3 Å². The standard InChI is InChI=1S/C10H9N3O/c11-8-3-1-2-7(4-8)9-5-13-10(14)6-12-9/h1-6H,11H2,(H,13,14). The first-order valence-corrected chi connectivity index (χ1v) is 4.16. The van der Waals surface area contributed by atoms with Crippen molar-refractivity contribution in [2.75, 3.05) is 5.73 Å². The maximum absolute atomic E-state index is 10.8. The molecule has 2 rings (SSSR count). The number of hydrogen-bond acceptors (Lipinski definition) is 3. The van der Waals surface area contributed by atoms with Crippen molar-refractivity contribution in [2.45, 2.75) is 0 Å². The maximum atomic E-state index is 10.8. The lowest BCUT2D eigenvalue weighted by Crippen LogP contribution is -2.04. The Morgan fingerprint density at radius 2 is 2.21 bits per heavy atom. The maximum Gasteiger partial charge on any atom is 0.266 e. The fourth-order valence-corrected chi connectivity index (χ4v) is 1.20. The third kappa shape index (κ3) is 1.64. The Kier molecular flexibility index (Phi) is 2.02. The summed E-state index contributed by atoms with van der Waals surface area (Å²) in [6, 6.07) is 7.34. The molecule has 14 heavy (non-hydrogen) atoms. The number of benzene rings is 1. The van der Waals surface area contributed by atoms with E-state index in [-0.39, 0.29) is 5.56 Å². The van der Waals surface area contributed by atoms with Crippen LogP contribution in [0.2, 0.25) is 0 Å². The zero-order chi connectivity index (χ0) is 9.97. The van der Waals surface area contributed by atoms with Crippen LogP contribution in [0, 0.1) is 0 Å². The normalized spacial score (nSPS) is 10.0. The van der Waals surface area contributed by atoms with E-state index in [0.29, 0.717) is 11.4 Å². The Bertz CT molecular complexity index is 484. The van der Waals surface area contributed by atoms with Gasteiger partial charge in [0, 0.05) is 17.4 Å². The molecule has 4 nitrogen and oxygen atoms in total. The molecule has 0 fully saturated rings. The van der Waals surface area contributed by atoms with Gasteiger partial charge in [-0.15, -0.1) is 0 Å². The van der Waals surface area contributed by atoms with Gasteiger partial charge in [0.1, 0.15) is 0 Å². The summed E-state index contributed by atoms with van der Waals surface area (Å²) in [6.45, 7) is 0. The lowest BCUT2D eigenvalue weighted by molar-refractivity contribution is 1.14. The van der Waals surface area contributed by atoms with Gasteiger partial charge in [0.15, 0.2) is 0 Å². The van der Waals surface area contributed by atoms with Gasteiger partial charge < -0.3 is 10.7 Å². The van der Waals surface area contributed by atoms with E-state index in [4.69, 9.17) is 5.73 Å². The number of H-pyrrole nitrogens is 1. The molecule has 0 spiro atoms. The second kappa shape index (κ2) is 3.33. The van der Waals surface area contributed by atoms with Crippen molar-refractivity contribution in [2.24, 2.45) is 0 Å². The van der Waals surface area contributed by atoms with Crippen LogP contribution in [0.15, 0.2) is 41.5 Å². The van der Waals surface area contributed by atoms with Gasteiger partial charge in [-0.05, 0) is 12.1 Å². The zero-order valence-corrected chi connectivity index (χ0v) is 7.40. The molecule has 3 N–H and O–H groups in total. The molecular formula is C10H9N3O. The van der Waals surface area contributed by atoms with Crippen molar-refractivity contribution in [1.82, 2.24) is 9.97 Å². The Morgan fingerprint density at radius 1 is 1.36 bits per heavy atom. The summed E-state index contributed by atoms with van der Waals surface area (Å²) < 4.78 is 0. The quantitative estimate of drug-likeness (QED) is 0.654. The first kappa shape index (κ1) is 8.50. The minimum Gasteiger partial charge on any atom is -0.399 e. The Morgan fingerprint density at radius 3 is 2.86 bits per heavy atom. The summed E-state index contributed by atoms with van der Waals surface area (Å²) in [5, 5.41) is 0. The number of nitrogens with two attached hydrogens (primary N) is 1. The molecule has 0 unspecified atom stereocenters. The molecule has 1 heterocycles. The summed E-state index contributed by atoms with van der Waals surface area (Å²) >= 11 is 0. The van der Waals surface area contributed by atoms with Gasteiger partial charge in [0.2, 0.25) is 0 Å². The molecule has 1 aromatic carbocycles. The minimum atomic E-state index is -0.211. The molecule has 0 saturated carbocycles. The lowest BCUT2D eigenvalue weighted by Gasteiger charge is -2.00. The van der Waals surface area contributed by atoms with E-state index in [9.17, 15) is 4.79 Å². The van der Waals surface area contributed by atoms with E-state index in [1.807, 2.05) is 12.1 Å². The molecule has 0 aliphatic carbocycles. The third-order valence-electron chi connectivity index (χ3n) is 1.85. The minimum absolute atomic E-state index is 0.211. The van der Waals surface area contributed by atoms with Gasteiger partial charge in [0.25, 0.3) is 5.56 Å². The van der Waals surface area contributed by atoms with Crippen LogP contribution in [0.25, 0.3) is 11.3 Å². The van der Waals surface area contributed by atoms with Crippen molar-refractivity contribution in [3.05, 3.63) is 47.0 Å². The van der Waals surface area contributed by atoms with Crippen LogP contribution in [0.3, 0.4) is 0 Å². The molecule has 0 radical (unpaired) electrons. The largest absolute Gasteiger partial charge is 0.399 e. The van der Waals surface area contributed by atoms with E-state index in [2.05, 4.69) is 9.97 Å². The molecule has 2 aromatic rings. The van der Waals surface area contributed by atoms with Crippen LogP contribution in [0.5, 0.6) is 0 Å². The molecule has 0 atom stereocenters. The number of nitrogens with zero attached hydrogens (tertiary/aromatic N) is 1. The number of anilines is 1. The molecule has 4 heteroatoms. The summed E-state index contributed by atoms with van der Waals surface area (Å²) in [5.74, 6) is 0. The second-order valence-corrected chi connectivity index (χ2v) is 2.92. The van der Waals surface area contributed by atoms with Gasteiger partial charge in [-0.2, -0.15) is 0 Å². The van der Waals surface area contributed by atoms with E-state index in [0.717, 1.165) is 5.56 Å². The van der Waals surface area contributed by atoms with E-state index in [1.54, 1.807) is 18.3 Å². The predicted molar refractivity (Wildman–Crippen MR) is 54.7 cm³/mol. The number of hydrogen-bond donors (Lipinski definition) is 2. The van der Waals surface area contributed by atoms with Crippen molar-refractivity contribution in [1.29, 1.82) is 0 Å². The van der Waals surface area contributed by atoms with Crippen LogP contribution in [0.1, 0.15) is 0 Å². The molecule has 0 amide bonds. The van der Waals surface area contributed by atoms with E-state index < -0.39 is 0 Å². The molecule has 0 aliphatic heterocycles. The predicted octanol–water partition coefficient (Wildman–Crippen LogP) is 1.02. The van der Waals surface area contributed by atoms with Crippen molar-refractivity contribution < 1.29 is 0 Å². The lowest BCUT2D eigenvalue weighted by atomic mass is 10.1. The first-order valence-electron chi connectivity index (χ1n) is 4.16. The zero-order valence-electron chi connectivity index (χ0n) is 7.40. The summed E-state index contributed by atoms with van der Waals surface area (Å²) in [7, 11) is 0. The Labute approximate surface area is 80.4 Å². The van der Waals surface area contributed by atoms with Gasteiger partial charge >= 0.3 is 0 Å². The van der Waals surface area contributed by atoms with Crippen molar-refractivity contribution >= 4 is 5.69 Å². The number of aromatic nitrogens is 2. The van der Waals surface area contributed by atoms with Crippen LogP contribution in [-0.4, -0.2) is 9.97 Å². The van der Waals surface area contributed by atoms with Gasteiger partial charge in [0.05, 0.1) is 11.9 Å². The molecule has 70 valence electrons. The fourth-order valence-electron chi connectivity index (χ4n) is 1.20. The highest BCUT2D eigenvalue weighted by Gasteiger charge is 1.98. The third-order valence-corrected chi connectivity index (χ3v) is 1.85. The molecule has 0 bridgehead atoms. The molecule has 0 aliphatic rings. The fraction of sp³-hybridized carbons (Fsp3) is 0. The highest BCUT2D eigenvalue weighted by atomic mass is 16.1. The number of rotatable bonds is 1. The second-order valence-electron chi connectivity index (χ2n) is 2.92. The molecule has 1 aromatic heterocycles. The number of nitrogens with one attached hydrogen (secondary N) is 1. The monoisotopic (exact) mass is 187 g/mol. The van der Waals surface area contributed by atoms with Gasteiger partial charge in [-0.3, -0.25) is 4.79 Å². The van der Waals surface area contributed by atoms with Crippen molar-refractivity contribution in [3.8, 4) is 11.3 Å². The summed E-state index contributed by atoms with van der Waals surface area (Å²) in [4.78, 5) is 17.3. The van der Waals surface area contributed by atoms with Crippen molar-refractivity contribution in [3.63, 3.8) is 0 Å². The highest BCUT2D eigenvalue weighted by molar-refractivity contribution is 5.62. The van der Waals surface area contributed by atoms with Gasteiger partial charge in [-0.1, -0.05) is 12.1 Å². The SMILES string of the molecule is Nc1cccc(-c2c[nH]c(=O)cn2)c1. The Hall–Kier alpha value is -2.10. The average molecular weight is 187 g/mol. The van der Waals surface area contributed by atoms with Crippen LogP contribution >= 0.6 is 0 Å². The van der Waals surface area contributed by atoms with Crippen LogP contribution in [0.4, 0.5) is 5.69 Å². The summed E-state index contributed by atoms with van der Waals surface area (Å²) in [6.07, 6.45) is 2.82. The number of aromatic amines is 1. The van der Waals surface area contributed by atoms with Crippen LogP contribution in [-0.2, 0) is 0 Å². The smallest absolute Gasteiger partial charge is 0.266 e.